The van der Waals surface area contributed by atoms with Gasteiger partial charge in [-0.3, -0.25) is 4.79 Å². The van der Waals surface area contributed by atoms with E-state index in [1.54, 1.807) is 17.8 Å². The maximum absolute atomic E-state index is 12.0. The summed E-state index contributed by atoms with van der Waals surface area (Å²) < 4.78 is 2.08. The first-order valence-corrected chi connectivity index (χ1v) is 11.2. The zero-order valence-electron chi connectivity index (χ0n) is 16.4. The second kappa shape index (κ2) is 9.16. The van der Waals surface area contributed by atoms with Crippen molar-refractivity contribution in [3.63, 3.8) is 0 Å². The lowest BCUT2D eigenvalue weighted by atomic mass is 9.92. The Morgan fingerprint density at radius 2 is 1.90 bits per heavy atom. The van der Waals surface area contributed by atoms with Crippen molar-refractivity contribution in [3.05, 3.63) is 71.4 Å². The lowest BCUT2D eigenvalue weighted by molar-refractivity contribution is 0.100. The normalized spacial score (nSPS) is 18.9. The number of nitrogens with one attached hydrogen (secondary N) is 1. The molecule has 0 spiro atoms. The SMILES string of the molecule is NC(=O)c1ccc(-n2cccc2Sc2cccc(Cl)c2)cc1N[C@H]1CC[C@H](O)CC1. The molecule has 0 unspecified atom stereocenters. The van der Waals surface area contributed by atoms with Crippen molar-refractivity contribution in [1.29, 1.82) is 0 Å². The third-order valence-corrected chi connectivity index (χ3v) is 6.60. The highest BCUT2D eigenvalue weighted by Crippen LogP contribution is 2.33. The van der Waals surface area contributed by atoms with Gasteiger partial charge in [0, 0.05) is 33.5 Å². The van der Waals surface area contributed by atoms with Gasteiger partial charge in [0.15, 0.2) is 0 Å². The number of carbonyl (C=O) groups is 1. The highest BCUT2D eigenvalue weighted by molar-refractivity contribution is 7.99. The number of primary amides is 1. The van der Waals surface area contributed by atoms with E-state index >= 15 is 0 Å². The number of benzene rings is 2. The smallest absolute Gasteiger partial charge is 0.250 e. The summed E-state index contributed by atoms with van der Waals surface area (Å²) in [6.07, 6.45) is 5.03. The van der Waals surface area contributed by atoms with E-state index in [1.165, 1.54) is 0 Å². The molecule has 0 bridgehead atoms. The molecule has 4 rings (SSSR count). The van der Waals surface area contributed by atoms with E-state index in [0.29, 0.717) is 10.6 Å². The van der Waals surface area contributed by atoms with Crippen LogP contribution in [0.1, 0.15) is 36.0 Å². The first-order chi connectivity index (χ1) is 14.5. The standard InChI is InChI=1S/C23H24ClN3O2S/c24-15-3-1-4-19(13-15)30-22-5-2-12-27(22)17-8-11-20(23(25)29)21(14-17)26-16-6-9-18(28)10-7-16/h1-5,8,11-14,16,18,26,28H,6-7,9-10H2,(H2,25,29)/t16-,18-. The van der Waals surface area contributed by atoms with E-state index in [1.807, 2.05) is 54.7 Å². The number of carbonyl (C=O) groups excluding carboxylic acids is 1. The molecule has 3 aromatic rings. The molecule has 1 aliphatic rings. The summed E-state index contributed by atoms with van der Waals surface area (Å²) in [5, 5.41) is 15.0. The summed E-state index contributed by atoms with van der Waals surface area (Å²) in [5.74, 6) is -0.457. The largest absolute Gasteiger partial charge is 0.393 e. The molecule has 1 heterocycles. The van der Waals surface area contributed by atoms with Crippen LogP contribution in [0, 0.1) is 0 Å². The number of aromatic nitrogens is 1. The van der Waals surface area contributed by atoms with Gasteiger partial charge in [0.2, 0.25) is 0 Å². The van der Waals surface area contributed by atoms with Gasteiger partial charge in [-0.2, -0.15) is 0 Å². The lowest BCUT2D eigenvalue weighted by Gasteiger charge is -2.28. The molecule has 1 aliphatic carbocycles. The number of aliphatic hydroxyl groups excluding tert-OH is 1. The molecule has 156 valence electrons. The number of rotatable bonds is 6. The van der Waals surface area contributed by atoms with Crippen molar-refractivity contribution < 1.29 is 9.90 Å². The summed E-state index contributed by atoms with van der Waals surface area (Å²) >= 11 is 7.74. The fourth-order valence-electron chi connectivity index (χ4n) is 3.77. The number of anilines is 1. The maximum Gasteiger partial charge on any atom is 0.250 e. The minimum atomic E-state index is -0.457. The van der Waals surface area contributed by atoms with Gasteiger partial charge in [0.05, 0.1) is 16.7 Å². The number of nitrogens with two attached hydrogens (primary N) is 1. The second-order valence-corrected chi connectivity index (χ2v) is 9.05. The molecule has 0 radical (unpaired) electrons. The van der Waals surface area contributed by atoms with E-state index in [9.17, 15) is 9.90 Å². The molecule has 5 nitrogen and oxygen atoms in total. The van der Waals surface area contributed by atoms with Crippen molar-refractivity contribution in [3.8, 4) is 5.69 Å². The average molecular weight is 442 g/mol. The Morgan fingerprint density at radius 3 is 2.63 bits per heavy atom. The van der Waals surface area contributed by atoms with E-state index < -0.39 is 5.91 Å². The van der Waals surface area contributed by atoms with Crippen LogP contribution in [0.25, 0.3) is 5.69 Å². The molecule has 0 saturated heterocycles. The summed E-state index contributed by atoms with van der Waals surface area (Å²) in [4.78, 5) is 13.0. The monoisotopic (exact) mass is 441 g/mol. The van der Waals surface area contributed by atoms with Crippen molar-refractivity contribution in [1.82, 2.24) is 4.57 Å². The van der Waals surface area contributed by atoms with Gasteiger partial charge in [0.25, 0.3) is 5.91 Å². The van der Waals surface area contributed by atoms with Crippen LogP contribution in [0.5, 0.6) is 0 Å². The van der Waals surface area contributed by atoms with Crippen LogP contribution in [0.4, 0.5) is 5.69 Å². The number of amides is 1. The topological polar surface area (TPSA) is 80.3 Å². The maximum atomic E-state index is 12.0. The summed E-state index contributed by atoms with van der Waals surface area (Å²) in [5.41, 5.74) is 7.76. The van der Waals surface area contributed by atoms with Crippen molar-refractivity contribution in [2.24, 2.45) is 5.73 Å². The Balaban J connectivity index is 1.62. The first-order valence-electron chi connectivity index (χ1n) is 9.99. The molecule has 1 saturated carbocycles. The fourth-order valence-corrected chi connectivity index (χ4v) is 5.01. The Bertz CT molecular complexity index is 1040. The Hall–Kier alpha value is -2.41. The molecular formula is C23H24ClN3O2S. The van der Waals surface area contributed by atoms with E-state index in [4.69, 9.17) is 17.3 Å². The molecular weight excluding hydrogens is 418 g/mol. The number of hydrogen-bond acceptors (Lipinski definition) is 4. The molecule has 1 aromatic heterocycles. The van der Waals surface area contributed by atoms with Crippen LogP contribution in [-0.4, -0.2) is 27.7 Å². The number of hydrogen-bond donors (Lipinski definition) is 3. The van der Waals surface area contributed by atoms with Crippen molar-refractivity contribution >= 4 is 35.0 Å². The Morgan fingerprint density at radius 1 is 1.10 bits per heavy atom. The van der Waals surface area contributed by atoms with Gasteiger partial charge in [-0.05, 0) is 74.2 Å². The average Bonchev–Trinajstić information content (AvgIpc) is 3.17. The zero-order valence-corrected chi connectivity index (χ0v) is 18.0. The molecule has 2 aromatic carbocycles. The van der Waals surface area contributed by atoms with Crippen LogP contribution < -0.4 is 11.1 Å². The van der Waals surface area contributed by atoms with Crippen LogP contribution in [0.2, 0.25) is 5.02 Å². The summed E-state index contributed by atoms with van der Waals surface area (Å²) in [7, 11) is 0. The van der Waals surface area contributed by atoms with Gasteiger partial charge in [0.1, 0.15) is 0 Å². The van der Waals surface area contributed by atoms with Gasteiger partial charge in [-0.1, -0.05) is 29.4 Å². The Kier molecular flexibility index (Phi) is 6.37. The van der Waals surface area contributed by atoms with E-state index in [0.717, 1.165) is 47.0 Å². The number of nitrogens with zero attached hydrogens (tertiary/aromatic N) is 1. The lowest BCUT2D eigenvalue weighted by Crippen LogP contribution is -2.29. The second-order valence-electron chi connectivity index (χ2n) is 7.52. The van der Waals surface area contributed by atoms with Gasteiger partial charge < -0.3 is 20.7 Å². The van der Waals surface area contributed by atoms with Crippen LogP contribution in [-0.2, 0) is 0 Å². The van der Waals surface area contributed by atoms with Crippen molar-refractivity contribution in [2.75, 3.05) is 5.32 Å². The molecule has 1 amide bonds. The quantitative estimate of drug-likeness (QED) is 0.497. The van der Waals surface area contributed by atoms with Crippen molar-refractivity contribution in [2.45, 2.75) is 47.8 Å². The minimum absolute atomic E-state index is 0.215. The summed E-state index contributed by atoms with van der Waals surface area (Å²) in [6.45, 7) is 0. The molecule has 30 heavy (non-hydrogen) atoms. The number of aliphatic hydroxyl groups is 1. The van der Waals surface area contributed by atoms with Gasteiger partial charge in [-0.15, -0.1) is 0 Å². The van der Waals surface area contributed by atoms with Crippen LogP contribution >= 0.6 is 23.4 Å². The van der Waals surface area contributed by atoms with Crippen LogP contribution in [0.3, 0.4) is 0 Å². The van der Waals surface area contributed by atoms with Crippen LogP contribution in [0.15, 0.2) is 70.7 Å². The molecule has 4 N–H and O–H groups in total. The fraction of sp³-hybridized carbons (Fsp3) is 0.261. The predicted octanol–water partition coefficient (Wildman–Crippen LogP) is 5.10. The molecule has 7 heteroatoms. The highest BCUT2D eigenvalue weighted by atomic mass is 35.5. The third kappa shape index (κ3) is 4.83. The highest BCUT2D eigenvalue weighted by Gasteiger charge is 2.21. The van der Waals surface area contributed by atoms with Gasteiger partial charge in [-0.25, -0.2) is 0 Å². The third-order valence-electron chi connectivity index (χ3n) is 5.33. The molecule has 0 atom stereocenters. The first kappa shape index (κ1) is 20.8. The minimum Gasteiger partial charge on any atom is -0.393 e. The number of halogens is 1. The Labute approximate surface area is 185 Å². The van der Waals surface area contributed by atoms with E-state index in [2.05, 4.69) is 9.88 Å². The zero-order chi connectivity index (χ0) is 21.1. The predicted molar refractivity (Wildman–Crippen MR) is 122 cm³/mol. The summed E-state index contributed by atoms with van der Waals surface area (Å²) in [6, 6.07) is 17.6. The molecule has 0 aliphatic heterocycles. The molecule has 1 fully saturated rings. The van der Waals surface area contributed by atoms with Gasteiger partial charge >= 0.3 is 0 Å². The van der Waals surface area contributed by atoms with E-state index in [-0.39, 0.29) is 12.1 Å².